The molecule has 0 unspecified atom stereocenters. The Morgan fingerprint density at radius 3 is 1.41 bits per heavy atom. The summed E-state index contributed by atoms with van der Waals surface area (Å²) in [6.07, 6.45) is 11.1. The summed E-state index contributed by atoms with van der Waals surface area (Å²) in [6, 6.07) is 0. The van der Waals surface area contributed by atoms with Crippen molar-refractivity contribution in [1.29, 1.82) is 0 Å². The molecule has 0 N–H and O–H groups in total. The van der Waals surface area contributed by atoms with Crippen molar-refractivity contribution in [3.63, 3.8) is 0 Å². The molecule has 0 aliphatic heterocycles. The van der Waals surface area contributed by atoms with Crippen LogP contribution in [0.1, 0.15) is 13.8 Å². The predicted molar refractivity (Wildman–Crippen MR) is 67.5 cm³/mol. The van der Waals surface area contributed by atoms with Crippen molar-refractivity contribution in [3.05, 3.63) is 37.4 Å². The van der Waals surface area contributed by atoms with Gasteiger partial charge in [-0.05, 0) is 13.8 Å². The molecule has 0 spiro atoms. The average molecular weight is 458 g/mol. The average Bonchev–Trinajstić information content (AvgIpc) is 3.04. The Hall–Kier alpha value is -0.312. The second kappa shape index (κ2) is 12.2. The van der Waals surface area contributed by atoms with Crippen molar-refractivity contribution in [3.8, 4) is 0 Å². The van der Waals surface area contributed by atoms with E-state index >= 15 is 0 Å². The second-order valence-electron chi connectivity index (χ2n) is 2.83. The van der Waals surface area contributed by atoms with Crippen molar-refractivity contribution >= 4 is 18.8 Å². The van der Waals surface area contributed by atoms with E-state index < -0.39 is 16.5 Å². The first-order valence-electron chi connectivity index (χ1n) is 5.02. The molecular weight excluding hydrogens is 442 g/mol. The Balaban J connectivity index is 0.000000247. The SMILES string of the molecule is CCn1ccnc1.CCn1ccnc1.[Cl][Pt][Cl]. The third kappa shape index (κ3) is 9.40. The zero-order chi connectivity index (χ0) is 12.9. The molecule has 0 radical (unpaired) electrons. The van der Waals surface area contributed by atoms with Gasteiger partial charge in [0.2, 0.25) is 0 Å². The van der Waals surface area contributed by atoms with Crippen LogP contribution >= 0.6 is 18.8 Å². The summed E-state index contributed by atoms with van der Waals surface area (Å²) >= 11 is -0.472. The second-order valence-corrected chi connectivity index (χ2v) is 6.11. The molecule has 0 fully saturated rings. The summed E-state index contributed by atoms with van der Waals surface area (Å²) < 4.78 is 4.03. The molecule has 2 heterocycles. The Labute approximate surface area is 118 Å². The monoisotopic (exact) mass is 457 g/mol. The molecule has 0 aromatic carbocycles. The molecule has 2 aromatic heterocycles. The summed E-state index contributed by atoms with van der Waals surface area (Å²) in [4.78, 5) is 7.71. The molecule has 0 amide bonds. The standard InChI is InChI=1S/2C5H8N2.2ClH.Pt/c2*1-2-7-4-3-6-5-7;;;/h2*3-5H,2H2,1H3;2*1H;/q;;;;+2/p-2. The van der Waals surface area contributed by atoms with Crippen LogP contribution in [0.2, 0.25) is 0 Å². The molecule has 4 nitrogen and oxygen atoms in total. The zero-order valence-electron chi connectivity index (χ0n) is 9.74. The van der Waals surface area contributed by atoms with Crippen molar-refractivity contribution in [1.82, 2.24) is 19.1 Å². The van der Waals surface area contributed by atoms with Crippen molar-refractivity contribution in [2.24, 2.45) is 0 Å². The fourth-order valence-corrected chi connectivity index (χ4v) is 0.948. The number of nitrogens with zero attached hydrogens (tertiary/aromatic N) is 4. The number of hydrogen-bond acceptors (Lipinski definition) is 2. The number of hydrogen-bond donors (Lipinski definition) is 0. The number of halogens is 2. The van der Waals surface area contributed by atoms with E-state index in [1.165, 1.54) is 0 Å². The van der Waals surface area contributed by atoms with Gasteiger partial charge in [-0.25, -0.2) is 9.97 Å². The first kappa shape index (κ1) is 16.7. The molecule has 100 valence electrons. The molecule has 0 atom stereocenters. The van der Waals surface area contributed by atoms with Crippen LogP contribution in [0.25, 0.3) is 0 Å². The third-order valence-electron chi connectivity index (χ3n) is 1.85. The number of aryl methyl sites for hydroxylation is 2. The van der Waals surface area contributed by atoms with Gasteiger partial charge in [0.1, 0.15) is 0 Å². The van der Waals surface area contributed by atoms with Crippen LogP contribution in [0.3, 0.4) is 0 Å². The Morgan fingerprint density at radius 1 is 0.941 bits per heavy atom. The topological polar surface area (TPSA) is 35.6 Å². The van der Waals surface area contributed by atoms with Crippen LogP contribution in [0.5, 0.6) is 0 Å². The molecular formula is C10H16Cl2N4Pt. The van der Waals surface area contributed by atoms with Crippen LogP contribution < -0.4 is 0 Å². The maximum absolute atomic E-state index is 4.88. The van der Waals surface area contributed by atoms with E-state index in [-0.39, 0.29) is 0 Å². The predicted octanol–water partition coefficient (Wildman–Crippen LogP) is 3.18. The van der Waals surface area contributed by atoms with Gasteiger partial charge >= 0.3 is 35.3 Å². The van der Waals surface area contributed by atoms with Gasteiger partial charge in [0.15, 0.2) is 0 Å². The van der Waals surface area contributed by atoms with Crippen LogP contribution in [0.4, 0.5) is 0 Å². The van der Waals surface area contributed by atoms with E-state index in [0.717, 1.165) is 13.1 Å². The quantitative estimate of drug-likeness (QED) is 0.694. The summed E-state index contributed by atoms with van der Waals surface area (Å²) in [5.41, 5.74) is 0. The summed E-state index contributed by atoms with van der Waals surface area (Å²) in [5, 5.41) is 0. The van der Waals surface area contributed by atoms with Crippen molar-refractivity contribution < 1.29 is 16.5 Å². The van der Waals surface area contributed by atoms with Crippen molar-refractivity contribution in [2.45, 2.75) is 26.9 Å². The molecule has 2 aromatic rings. The summed E-state index contributed by atoms with van der Waals surface area (Å²) in [5.74, 6) is 0. The van der Waals surface area contributed by atoms with Gasteiger partial charge in [0, 0.05) is 37.9 Å². The fourth-order valence-electron chi connectivity index (χ4n) is 0.948. The van der Waals surface area contributed by atoms with Crippen LogP contribution in [-0.4, -0.2) is 19.1 Å². The first-order valence-corrected chi connectivity index (χ1v) is 10.6. The van der Waals surface area contributed by atoms with E-state index in [2.05, 4.69) is 23.8 Å². The Kier molecular flexibility index (Phi) is 11.9. The normalized spacial score (nSPS) is 8.94. The van der Waals surface area contributed by atoms with Crippen LogP contribution in [0, 0.1) is 0 Å². The summed E-state index contributed by atoms with van der Waals surface area (Å²) in [6.45, 7) is 6.20. The fraction of sp³-hybridized carbons (Fsp3) is 0.400. The first-order chi connectivity index (χ1) is 8.28. The molecule has 7 heteroatoms. The molecule has 2 rings (SSSR count). The molecule has 17 heavy (non-hydrogen) atoms. The Morgan fingerprint density at radius 2 is 1.29 bits per heavy atom. The molecule has 0 bridgehead atoms. The number of rotatable bonds is 2. The van der Waals surface area contributed by atoms with Crippen LogP contribution in [0.15, 0.2) is 37.4 Å². The zero-order valence-corrected chi connectivity index (χ0v) is 13.5. The van der Waals surface area contributed by atoms with E-state index in [0.29, 0.717) is 0 Å². The van der Waals surface area contributed by atoms with Gasteiger partial charge in [-0.2, -0.15) is 0 Å². The summed E-state index contributed by atoms with van der Waals surface area (Å²) in [7, 11) is 9.75. The molecule has 0 saturated carbocycles. The number of aromatic nitrogens is 4. The number of imidazole rings is 2. The van der Waals surface area contributed by atoms with Crippen molar-refractivity contribution in [2.75, 3.05) is 0 Å². The minimum atomic E-state index is -0.472. The van der Waals surface area contributed by atoms with Gasteiger partial charge in [0.05, 0.1) is 12.7 Å². The van der Waals surface area contributed by atoms with E-state index in [9.17, 15) is 0 Å². The third-order valence-corrected chi connectivity index (χ3v) is 1.85. The van der Waals surface area contributed by atoms with Gasteiger partial charge in [-0.1, -0.05) is 0 Å². The van der Waals surface area contributed by atoms with E-state index in [4.69, 9.17) is 18.8 Å². The molecule has 0 saturated heterocycles. The van der Waals surface area contributed by atoms with E-state index in [1.807, 2.05) is 21.5 Å². The van der Waals surface area contributed by atoms with Gasteiger partial charge in [-0.15, -0.1) is 0 Å². The van der Waals surface area contributed by atoms with Gasteiger partial charge in [-0.3, -0.25) is 0 Å². The Bertz CT molecular complexity index is 303. The van der Waals surface area contributed by atoms with Gasteiger partial charge < -0.3 is 9.13 Å². The van der Waals surface area contributed by atoms with Crippen LogP contribution in [-0.2, 0) is 29.6 Å². The minimum absolute atomic E-state index is 0.472. The molecule has 0 aliphatic rings. The van der Waals surface area contributed by atoms with Gasteiger partial charge in [0.25, 0.3) is 0 Å². The maximum atomic E-state index is 4.88. The van der Waals surface area contributed by atoms with E-state index in [1.54, 1.807) is 25.0 Å². The molecule has 0 aliphatic carbocycles.